The number of rotatable bonds is 4. The maximum Gasteiger partial charge on any atom is 0.470 e. The van der Waals surface area contributed by atoms with Crippen LogP contribution in [0.3, 0.4) is 0 Å². The number of alkyl halides is 6. The Morgan fingerprint density at radius 1 is 1.11 bits per heavy atom. The highest BCUT2D eigenvalue weighted by atomic mass is 19.3. The predicted octanol–water partition coefficient (Wildman–Crippen LogP) is 3.28. The molecule has 0 spiro atoms. The topological polar surface area (TPSA) is 35.2 Å². The fraction of sp³-hybridized carbons (Fsp3) is 0.333. The van der Waals surface area contributed by atoms with Crippen LogP contribution in [0.2, 0.25) is 0 Å². The second-order valence-electron chi connectivity index (χ2n) is 3.23. The number of halogens is 7. The quantitative estimate of drug-likeness (QED) is 0.677. The highest BCUT2D eigenvalue weighted by Crippen LogP contribution is 2.40. The minimum atomic E-state index is -5.68. The second-order valence-corrected chi connectivity index (χ2v) is 3.23. The molecule has 0 bridgehead atoms. The summed E-state index contributed by atoms with van der Waals surface area (Å²) >= 11 is 0. The highest BCUT2D eigenvalue weighted by Gasteiger charge is 2.66. The first-order valence-corrected chi connectivity index (χ1v) is 4.35. The molecule has 0 radical (unpaired) electrons. The molecule has 0 atom stereocenters. The van der Waals surface area contributed by atoms with E-state index in [0.29, 0.717) is 18.2 Å². The van der Waals surface area contributed by atoms with Crippen LogP contribution in [0.4, 0.5) is 36.4 Å². The van der Waals surface area contributed by atoms with E-state index < -0.39 is 35.7 Å². The van der Waals surface area contributed by atoms with Gasteiger partial charge in [0, 0.05) is 6.07 Å². The molecule has 1 rings (SSSR count). The monoisotopic (exact) mass is 277 g/mol. The molecule has 0 amide bonds. The van der Waals surface area contributed by atoms with E-state index in [9.17, 15) is 30.7 Å². The molecule has 0 aromatic heterocycles. The first kappa shape index (κ1) is 14.4. The van der Waals surface area contributed by atoms with Crippen molar-refractivity contribution in [2.45, 2.75) is 18.5 Å². The Labute approximate surface area is 96.1 Å². The van der Waals surface area contributed by atoms with Crippen LogP contribution in [0, 0.1) is 5.82 Å². The van der Waals surface area contributed by atoms with Crippen LogP contribution < -0.4 is 10.5 Å². The smallest absolute Gasteiger partial charge is 0.428 e. The van der Waals surface area contributed by atoms with Crippen LogP contribution in [0.15, 0.2) is 18.2 Å². The molecule has 1 aromatic carbocycles. The fourth-order valence-corrected chi connectivity index (χ4v) is 0.928. The SMILES string of the molecule is Nc1cc(OC(F)(F)C(F)(F)C(F)F)ccc1F. The number of hydrogen-bond donors (Lipinski definition) is 1. The van der Waals surface area contributed by atoms with Crippen LogP contribution in [-0.2, 0) is 0 Å². The summed E-state index contributed by atoms with van der Waals surface area (Å²) in [5.41, 5.74) is 4.32. The van der Waals surface area contributed by atoms with Gasteiger partial charge in [-0.15, -0.1) is 0 Å². The van der Waals surface area contributed by atoms with Gasteiger partial charge in [-0.05, 0) is 12.1 Å². The van der Waals surface area contributed by atoms with E-state index in [2.05, 4.69) is 4.74 Å². The van der Waals surface area contributed by atoms with Gasteiger partial charge in [-0.25, -0.2) is 13.2 Å². The van der Waals surface area contributed by atoms with Crippen molar-refractivity contribution in [3.8, 4) is 5.75 Å². The second kappa shape index (κ2) is 4.54. The summed E-state index contributed by atoms with van der Waals surface area (Å²) in [6.07, 6.45) is -10.1. The lowest BCUT2D eigenvalue weighted by molar-refractivity contribution is -0.342. The Morgan fingerprint density at radius 2 is 1.67 bits per heavy atom. The van der Waals surface area contributed by atoms with Gasteiger partial charge in [-0.2, -0.15) is 17.6 Å². The Morgan fingerprint density at radius 3 is 2.11 bits per heavy atom. The van der Waals surface area contributed by atoms with E-state index in [1.165, 1.54) is 0 Å². The molecule has 18 heavy (non-hydrogen) atoms. The van der Waals surface area contributed by atoms with E-state index in [4.69, 9.17) is 5.73 Å². The molecule has 0 unspecified atom stereocenters. The Hall–Kier alpha value is -1.67. The lowest BCUT2D eigenvalue weighted by Gasteiger charge is -2.25. The van der Waals surface area contributed by atoms with Gasteiger partial charge in [0.05, 0.1) is 5.69 Å². The van der Waals surface area contributed by atoms with Crippen molar-refractivity contribution >= 4 is 5.69 Å². The summed E-state index contributed by atoms with van der Waals surface area (Å²) in [6.45, 7) is 0. The molecule has 102 valence electrons. The average Bonchev–Trinajstić information content (AvgIpc) is 2.22. The molecule has 0 heterocycles. The van der Waals surface area contributed by atoms with Crippen LogP contribution in [0.5, 0.6) is 5.75 Å². The van der Waals surface area contributed by atoms with Crippen LogP contribution in [0.25, 0.3) is 0 Å². The van der Waals surface area contributed by atoms with Crippen molar-refractivity contribution in [2.24, 2.45) is 0 Å². The maximum absolute atomic E-state index is 12.8. The normalized spacial score (nSPS) is 12.9. The highest BCUT2D eigenvalue weighted by molar-refractivity contribution is 5.45. The number of nitrogens with two attached hydrogens (primary N) is 1. The summed E-state index contributed by atoms with van der Waals surface area (Å²) < 4.78 is 90.1. The minimum Gasteiger partial charge on any atom is -0.428 e. The van der Waals surface area contributed by atoms with E-state index >= 15 is 0 Å². The van der Waals surface area contributed by atoms with Gasteiger partial charge in [0.25, 0.3) is 0 Å². The molecule has 9 heteroatoms. The zero-order valence-corrected chi connectivity index (χ0v) is 8.44. The Balaban J connectivity index is 2.98. The summed E-state index contributed by atoms with van der Waals surface area (Å²) in [7, 11) is 0. The van der Waals surface area contributed by atoms with Crippen molar-refractivity contribution in [2.75, 3.05) is 5.73 Å². The summed E-state index contributed by atoms with van der Waals surface area (Å²) in [6, 6.07) is 1.60. The number of nitrogen functional groups attached to an aromatic ring is 1. The van der Waals surface area contributed by atoms with Gasteiger partial charge in [0.15, 0.2) is 0 Å². The molecule has 2 nitrogen and oxygen atoms in total. The lowest BCUT2D eigenvalue weighted by atomic mass is 10.3. The molecule has 0 aliphatic rings. The first-order chi connectivity index (χ1) is 8.08. The van der Waals surface area contributed by atoms with Crippen LogP contribution in [0.1, 0.15) is 0 Å². The minimum absolute atomic E-state index is 0.477. The van der Waals surface area contributed by atoms with Gasteiger partial charge < -0.3 is 10.5 Å². The van der Waals surface area contributed by atoms with Crippen molar-refractivity contribution in [1.82, 2.24) is 0 Å². The maximum atomic E-state index is 12.8. The Bertz CT molecular complexity index is 435. The third kappa shape index (κ3) is 2.59. The standard InChI is InChI=1S/C9H6F7NO/c10-5-2-1-4(3-6(5)17)18-9(15,16)8(13,14)7(11)12/h1-3,7H,17H2. The molecular formula is C9H6F7NO. The zero-order chi connectivity index (χ0) is 14.1. The van der Waals surface area contributed by atoms with Crippen molar-refractivity contribution in [1.29, 1.82) is 0 Å². The van der Waals surface area contributed by atoms with Gasteiger partial charge >= 0.3 is 18.5 Å². The third-order valence-electron chi connectivity index (χ3n) is 1.88. The van der Waals surface area contributed by atoms with E-state index in [0.717, 1.165) is 0 Å². The fourth-order valence-electron chi connectivity index (χ4n) is 0.928. The molecule has 0 saturated heterocycles. The van der Waals surface area contributed by atoms with Crippen molar-refractivity contribution in [3.05, 3.63) is 24.0 Å². The summed E-state index contributed by atoms with van der Waals surface area (Å²) in [5.74, 6) is -7.64. The van der Waals surface area contributed by atoms with Crippen LogP contribution >= 0.6 is 0 Å². The molecule has 2 N–H and O–H groups in total. The van der Waals surface area contributed by atoms with E-state index in [1.54, 1.807) is 0 Å². The van der Waals surface area contributed by atoms with Crippen LogP contribution in [-0.4, -0.2) is 18.5 Å². The largest absolute Gasteiger partial charge is 0.470 e. The summed E-state index contributed by atoms with van der Waals surface area (Å²) in [4.78, 5) is 0. The van der Waals surface area contributed by atoms with Crippen molar-refractivity contribution < 1.29 is 35.5 Å². The van der Waals surface area contributed by atoms with Gasteiger partial charge in [-0.1, -0.05) is 0 Å². The van der Waals surface area contributed by atoms with Crippen molar-refractivity contribution in [3.63, 3.8) is 0 Å². The summed E-state index contributed by atoms with van der Waals surface area (Å²) in [5, 5.41) is 0. The Kier molecular flexibility index (Phi) is 3.63. The average molecular weight is 277 g/mol. The first-order valence-electron chi connectivity index (χ1n) is 4.35. The third-order valence-corrected chi connectivity index (χ3v) is 1.88. The molecule has 0 saturated carbocycles. The lowest BCUT2D eigenvalue weighted by Crippen LogP contribution is -2.50. The van der Waals surface area contributed by atoms with E-state index in [1.807, 2.05) is 0 Å². The zero-order valence-electron chi connectivity index (χ0n) is 8.44. The number of anilines is 1. The van der Waals surface area contributed by atoms with Gasteiger partial charge in [-0.3, -0.25) is 0 Å². The molecular weight excluding hydrogens is 271 g/mol. The molecule has 0 fully saturated rings. The number of benzene rings is 1. The molecule has 1 aromatic rings. The number of ether oxygens (including phenoxy) is 1. The molecule has 0 aliphatic carbocycles. The predicted molar refractivity (Wildman–Crippen MR) is 47.3 cm³/mol. The molecule has 0 aliphatic heterocycles. The van der Waals surface area contributed by atoms with Gasteiger partial charge in [0.2, 0.25) is 0 Å². The van der Waals surface area contributed by atoms with E-state index in [-0.39, 0.29) is 0 Å². The number of hydrogen-bond acceptors (Lipinski definition) is 2. The van der Waals surface area contributed by atoms with Gasteiger partial charge in [0.1, 0.15) is 11.6 Å².